The van der Waals surface area contributed by atoms with Crippen LogP contribution in [-0.4, -0.2) is 29.5 Å². The number of ether oxygens (including phenoxy) is 1. The molecule has 0 unspecified atom stereocenters. The lowest BCUT2D eigenvalue weighted by atomic mass is 10.1. The number of carbonyl (C=O) groups is 1. The molecule has 1 aromatic heterocycles. The quantitative estimate of drug-likeness (QED) is 0.606. The normalized spacial score (nSPS) is 10.4. The Bertz CT molecular complexity index is 971. The minimum atomic E-state index is -0.218. The molecule has 0 radical (unpaired) electrons. The molecular formula is C23H26N4O2. The second-order valence-corrected chi connectivity index (χ2v) is 6.71. The maximum atomic E-state index is 12.5. The van der Waals surface area contributed by atoms with Gasteiger partial charge in [-0.05, 0) is 54.7 Å². The summed E-state index contributed by atoms with van der Waals surface area (Å²) in [6, 6.07) is 15.6. The van der Waals surface area contributed by atoms with E-state index in [1.165, 1.54) is 5.56 Å². The van der Waals surface area contributed by atoms with Crippen LogP contribution in [0.1, 0.15) is 34.1 Å². The van der Waals surface area contributed by atoms with Crippen molar-refractivity contribution in [1.82, 2.24) is 15.3 Å². The Kier molecular flexibility index (Phi) is 6.79. The third kappa shape index (κ3) is 5.31. The number of anilines is 2. The average Bonchev–Trinajstić information content (AvgIpc) is 2.75. The Labute approximate surface area is 171 Å². The molecule has 0 saturated heterocycles. The van der Waals surface area contributed by atoms with Crippen LogP contribution in [0.25, 0.3) is 0 Å². The van der Waals surface area contributed by atoms with Gasteiger partial charge >= 0.3 is 0 Å². The van der Waals surface area contributed by atoms with Crippen molar-refractivity contribution in [2.24, 2.45) is 0 Å². The van der Waals surface area contributed by atoms with Crippen molar-refractivity contribution in [2.45, 2.75) is 26.7 Å². The van der Waals surface area contributed by atoms with Crippen LogP contribution in [0.5, 0.6) is 5.75 Å². The summed E-state index contributed by atoms with van der Waals surface area (Å²) >= 11 is 0. The van der Waals surface area contributed by atoms with Gasteiger partial charge in [-0.1, -0.05) is 37.3 Å². The van der Waals surface area contributed by atoms with Crippen LogP contribution in [0.3, 0.4) is 0 Å². The number of aromatic nitrogens is 2. The highest BCUT2D eigenvalue weighted by Gasteiger charge is 2.11. The number of carbonyl (C=O) groups excluding carboxylic acids is 1. The van der Waals surface area contributed by atoms with E-state index in [0.717, 1.165) is 35.4 Å². The van der Waals surface area contributed by atoms with Gasteiger partial charge in [0, 0.05) is 18.4 Å². The van der Waals surface area contributed by atoms with Crippen LogP contribution in [0.15, 0.2) is 54.7 Å². The number of methoxy groups -OCH3 is 1. The first-order valence-electron chi connectivity index (χ1n) is 9.70. The smallest absolute Gasteiger partial charge is 0.270 e. The number of nitrogens with zero attached hydrogens (tertiary/aromatic N) is 2. The molecule has 0 atom stereocenters. The molecule has 29 heavy (non-hydrogen) atoms. The Morgan fingerprint density at radius 1 is 1.10 bits per heavy atom. The molecule has 2 aromatic carbocycles. The summed E-state index contributed by atoms with van der Waals surface area (Å²) in [7, 11) is 1.64. The third-order valence-corrected chi connectivity index (χ3v) is 4.72. The van der Waals surface area contributed by atoms with Crippen molar-refractivity contribution in [3.05, 3.63) is 77.1 Å². The predicted octanol–water partition coefficient (Wildman–Crippen LogP) is 4.07. The SMILES string of the molecule is CCc1cccc(C)c1Nc1nccc(C(=O)NCCc2ccc(OC)cc2)n1. The zero-order valence-corrected chi connectivity index (χ0v) is 17.0. The molecule has 0 aliphatic rings. The lowest BCUT2D eigenvalue weighted by Gasteiger charge is -2.13. The van der Waals surface area contributed by atoms with Gasteiger partial charge in [0.05, 0.1) is 7.11 Å². The van der Waals surface area contributed by atoms with Crippen molar-refractivity contribution in [1.29, 1.82) is 0 Å². The number of para-hydroxylation sites is 1. The van der Waals surface area contributed by atoms with Gasteiger partial charge in [0.25, 0.3) is 5.91 Å². The Hall–Kier alpha value is -3.41. The fourth-order valence-electron chi connectivity index (χ4n) is 3.06. The summed E-state index contributed by atoms with van der Waals surface area (Å²) in [4.78, 5) is 21.1. The van der Waals surface area contributed by atoms with Gasteiger partial charge in [-0.15, -0.1) is 0 Å². The molecule has 6 heteroatoms. The number of hydrogen-bond donors (Lipinski definition) is 2. The minimum absolute atomic E-state index is 0.218. The lowest BCUT2D eigenvalue weighted by Crippen LogP contribution is -2.26. The number of aryl methyl sites for hydroxylation is 2. The molecule has 1 amide bonds. The van der Waals surface area contributed by atoms with Gasteiger partial charge in [-0.2, -0.15) is 0 Å². The number of benzene rings is 2. The first kappa shape index (κ1) is 20.3. The molecule has 0 aliphatic carbocycles. The van der Waals surface area contributed by atoms with E-state index >= 15 is 0 Å². The van der Waals surface area contributed by atoms with E-state index in [-0.39, 0.29) is 5.91 Å². The van der Waals surface area contributed by atoms with Gasteiger partial charge in [-0.3, -0.25) is 4.79 Å². The highest BCUT2D eigenvalue weighted by atomic mass is 16.5. The first-order chi connectivity index (χ1) is 14.1. The van der Waals surface area contributed by atoms with Crippen LogP contribution >= 0.6 is 0 Å². The zero-order chi connectivity index (χ0) is 20.6. The summed E-state index contributed by atoms with van der Waals surface area (Å²) in [6.07, 6.45) is 3.22. The number of nitrogens with one attached hydrogen (secondary N) is 2. The van der Waals surface area contributed by atoms with Crippen LogP contribution in [0.2, 0.25) is 0 Å². The van der Waals surface area contributed by atoms with Gasteiger partial charge in [0.15, 0.2) is 0 Å². The second kappa shape index (κ2) is 9.68. The summed E-state index contributed by atoms with van der Waals surface area (Å²) < 4.78 is 5.16. The third-order valence-electron chi connectivity index (χ3n) is 4.72. The Morgan fingerprint density at radius 3 is 2.62 bits per heavy atom. The van der Waals surface area contributed by atoms with E-state index in [0.29, 0.717) is 18.2 Å². The molecule has 0 saturated carbocycles. The summed E-state index contributed by atoms with van der Waals surface area (Å²) in [5, 5.41) is 6.18. The Morgan fingerprint density at radius 2 is 1.90 bits per heavy atom. The predicted molar refractivity (Wildman–Crippen MR) is 115 cm³/mol. The van der Waals surface area contributed by atoms with E-state index in [4.69, 9.17) is 4.74 Å². The molecule has 6 nitrogen and oxygen atoms in total. The number of amides is 1. The maximum Gasteiger partial charge on any atom is 0.270 e. The Balaban J connectivity index is 1.62. The van der Waals surface area contributed by atoms with Crippen molar-refractivity contribution >= 4 is 17.5 Å². The molecular weight excluding hydrogens is 364 g/mol. The standard InChI is InChI=1S/C23H26N4O2/c1-4-18-7-5-6-16(2)21(18)27-23-25-15-13-20(26-23)22(28)24-14-12-17-8-10-19(29-3)11-9-17/h5-11,13,15H,4,12,14H2,1-3H3,(H,24,28)(H,25,26,27). The zero-order valence-electron chi connectivity index (χ0n) is 17.0. The van der Waals surface area contributed by atoms with Crippen LogP contribution < -0.4 is 15.4 Å². The maximum absolute atomic E-state index is 12.5. The molecule has 150 valence electrons. The van der Waals surface area contributed by atoms with Crippen molar-refractivity contribution in [2.75, 3.05) is 19.0 Å². The molecule has 3 aromatic rings. The van der Waals surface area contributed by atoms with Crippen LogP contribution in [-0.2, 0) is 12.8 Å². The van der Waals surface area contributed by atoms with E-state index < -0.39 is 0 Å². The van der Waals surface area contributed by atoms with Crippen LogP contribution in [0.4, 0.5) is 11.6 Å². The molecule has 0 fully saturated rings. The molecule has 0 bridgehead atoms. The fourth-order valence-corrected chi connectivity index (χ4v) is 3.06. The summed E-state index contributed by atoms with van der Waals surface area (Å²) in [6.45, 7) is 4.67. The topological polar surface area (TPSA) is 76.1 Å². The highest BCUT2D eigenvalue weighted by Crippen LogP contribution is 2.23. The summed E-state index contributed by atoms with van der Waals surface area (Å²) in [5.74, 6) is 1.01. The first-order valence-corrected chi connectivity index (χ1v) is 9.70. The molecule has 1 heterocycles. The van der Waals surface area contributed by atoms with Gasteiger partial charge < -0.3 is 15.4 Å². The fraction of sp³-hybridized carbons (Fsp3) is 0.261. The van der Waals surface area contributed by atoms with Gasteiger partial charge in [0.1, 0.15) is 11.4 Å². The van der Waals surface area contributed by atoms with E-state index in [2.05, 4.69) is 33.6 Å². The van der Waals surface area contributed by atoms with Gasteiger partial charge in [-0.25, -0.2) is 9.97 Å². The highest BCUT2D eigenvalue weighted by molar-refractivity contribution is 5.92. The van der Waals surface area contributed by atoms with Crippen molar-refractivity contribution in [3.8, 4) is 5.75 Å². The number of rotatable bonds is 8. The molecule has 3 rings (SSSR count). The molecule has 0 aliphatic heterocycles. The van der Waals surface area contributed by atoms with Crippen molar-refractivity contribution < 1.29 is 9.53 Å². The second-order valence-electron chi connectivity index (χ2n) is 6.71. The lowest BCUT2D eigenvalue weighted by molar-refractivity contribution is 0.0949. The monoisotopic (exact) mass is 390 g/mol. The number of hydrogen-bond acceptors (Lipinski definition) is 5. The van der Waals surface area contributed by atoms with E-state index in [1.54, 1.807) is 19.4 Å². The minimum Gasteiger partial charge on any atom is -0.497 e. The average molecular weight is 390 g/mol. The van der Waals surface area contributed by atoms with Crippen molar-refractivity contribution in [3.63, 3.8) is 0 Å². The van der Waals surface area contributed by atoms with E-state index in [9.17, 15) is 4.79 Å². The van der Waals surface area contributed by atoms with Gasteiger partial charge in [0.2, 0.25) is 5.95 Å². The largest absolute Gasteiger partial charge is 0.497 e. The van der Waals surface area contributed by atoms with E-state index in [1.807, 2.05) is 43.3 Å². The molecule has 2 N–H and O–H groups in total. The molecule has 0 spiro atoms. The summed E-state index contributed by atoms with van der Waals surface area (Å²) in [5.41, 5.74) is 4.75. The van der Waals surface area contributed by atoms with Crippen LogP contribution in [0, 0.1) is 6.92 Å².